The van der Waals surface area contributed by atoms with Gasteiger partial charge in [0.15, 0.2) is 0 Å². The third kappa shape index (κ3) is 3.37. The van der Waals surface area contributed by atoms with Crippen molar-refractivity contribution in [3.63, 3.8) is 0 Å². The normalized spacial score (nSPS) is 17.4. The van der Waals surface area contributed by atoms with Gasteiger partial charge in [-0.3, -0.25) is 4.79 Å². The largest absolute Gasteiger partial charge is 0.422 e. The summed E-state index contributed by atoms with van der Waals surface area (Å²) < 4.78 is 5.63. The van der Waals surface area contributed by atoms with Gasteiger partial charge in [0.1, 0.15) is 11.3 Å². The first-order chi connectivity index (χ1) is 15.0. The molecule has 0 spiro atoms. The van der Waals surface area contributed by atoms with E-state index in [1.807, 2.05) is 85.7 Å². The predicted molar refractivity (Wildman–Crippen MR) is 124 cm³/mol. The summed E-state index contributed by atoms with van der Waals surface area (Å²) in [5, 5.41) is 0. The number of hydrogen-bond donors (Lipinski definition) is 0. The Morgan fingerprint density at radius 2 is 1.58 bits per heavy atom. The monoisotopic (exact) mass is 425 g/mol. The number of ether oxygens (including phenoxy) is 1. The highest BCUT2D eigenvalue weighted by molar-refractivity contribution is 8.08. The van der Waals surface area contributed by atoms with Crippen molar-refractivity contribution >= 4 is 39.7 Å². The molecule has 3 aromatic rings. The van der Waals surface area contributed by atoms with Gasteiger partial charge in [-0.15, -0.1) is 0 Å². The van der Waals surface area contributed by atoms with Crippen molar-refractivity contribution in [1.82, 2.24) is 0 Å². The Kier molecular flexibility index (Phi) is 4.75. The number of anilines is 1. The molecule has 0 saturated heterocycles. The van der Waals surface area contributed by atoms with Gasteiger partial charge in [-0.25, -0.2) is 4.79 Å². The quantitative estimate of drug-likeness (QED) is 0.236. The van der Waals surface area contributed by atoms with Gasteiger partial charge >= 0.3 is 5.97 Å². The highest BCUT2D eigenvalue weighted by Gasteiger charge is 2.35. The van der Waals surface area contributed by atoms with Crippen molar-refractivity contribution in [2.45, 2.75) is 4.90 Å². The molecule has 2 aliphatic rings. The topological polar surface area (TPSA) is 46.6 Å². The standard InChI is InChI=1S/C26H19NO3S/c1-27(2)17-12-13-19-21(14-17)30-26(29)24(25(19)28)20-15-23(16-8-4-3-5-9-16)31-22-11-7-6-10-18(20)22/h3-15H,1-2H3/b24-20-. The van der Waals surface area contributed by atoms with E-state index in [1.165, 1.54) is 0 Å². The van der Waals surface area contributed by atoms with Crippen LogP contribution in [0.5, 0.6) is 5.75 Å². The van der Waals surface area contributed by atoms with Crippen LogP contribution in [0.25, 0.3) is 10.5 Å². The highest BCUT2D eigenvalue weighted by Crippen LogP contribution is 2.46. The van der Waals surface area contributed by atoms with Crippen LogP contribution < -0.4 is 9.64 Å². The van der Waals surface area contributed by atoms with Gasteiger partial charge in [0.05, 0.1) is 5.56 Å². The van der Waals surface area contributed by atoms with Gasteiger partial charge in [0, 0.05) is 41.2 Å². The summed E-state index contributed by atoms with van der Waals surface area (Å²) in [5.41, 5.74) is 3.84. The second-order valence-electron chi connectivity index (χ2n) is 7.56. The molecule has 0 radical (unpaired) electrons. The van der Waals surface area contributed by atoms with E-state index in [4.69, 9.17) is 4.74 Å². The molecule has 0 saturated carbocycles. The lowest BCUT2D eigenvalue weighted by Gasteiger charge is -2.24. The van der Waals surface area contributed by atoms with Crippen molar-refractivity contribution in [3.8, 4) is 5.75 Å². The van der Waals surface area contributed by atoms with Gasteiger partial charge in [0.2, 0.25) is 5.78 Å². The molecule has 5 heteroatoms. The Morgan fingerprint density at radius 1 is 0.839 bits per heavy atom. The molecule has 0 aliphatic carbocycles. The van der Waals surface area contributed by atoms with Crippen LogP contribution in [0.15, 0.2) is 89.3 Å². The highest BCUT2D eigenvalue weighted by atomic mass is 32.2. The SMILES string of the molecule is CN(C)c1ccc2c(c1)OC(=O)/C(=C1/C=C(c3ccccc3)Sc3ccccc31)C2=O. The van der Waals surface area contributed by atoms with Crippen molar-refractivity contribution in [1.29, 1.82) is 0 Å². The summed E-state index contributed by atoms with van der Waals surface area (Å²) in [6.07, 6.45) is 1.93. The molecule has 0 amide bonds. The van der Waals surface area contributed by atoms with Crippen molar-refractivity contribution in [2.24, 2.45) is 0 Å². The molecule has 0 aromatic heterocycles. The number of Topliss-reactive ketones (excluding diaryl/α,β-unsaturated/α-hetero) is 1. The molecule has 152 valence electrons. The van der Waals surface area contributed by atoms with E-state index in [0.29, 0.717) is 16.9 Å². The number of thioether (sulfide) groups is 1. The molecule has 0 atom stereocenters. The number of nitrogens with zero attached hydrogens (tertiary/aromatic N) is 1. The second kappa shape index (κ2) is 7.60. The number of carbonyl (C=O) groups is 2. The Balaban J connectivity index is 1.71. The molecule has 5 rings (SSSR count). The first-order valence-electron chi connectivity index (χ1n) is 9.90. The molecular formula is C26H19NO3S. The molecule has 3 aromatic carbocycles. The van der Waals surface area contributed by atoms with Crippen LogP contribution >= 0.6 is 11.8 Å². The number of carbonyl (C=O) groups excluding carboxylic acids is 2. The number of rotatable bonds is 2. The fourth-order valence-electron chi connectivity index (χ4n) is 3.76. The Hall–Kier alpha value is -3.57. The van der Waals surface area contributed by atoms with E-state index < -0.39 is 5.97 Å². The van der Waals surface area contributed by atoms with Crippen LogP contribution in [0.1, 0.15) is 21.5 Å². The van der Waals surface area contributed by atoms with Crippen LogP contribution in [-0.2, 0) is 4.79 Å². The zero-order valence-corrected chi connectivity index (χ0v) is 17.9. The summed E-state index contributed by atoms with van der Waals surface area (Å²) in [5.74, 6) is -0.623. The van der Waals surface area contributed by atoms with Gasteiger partial charge < -0.3 is 9.64 Å². The Morgan fingerprint density at radius 3 is 2.35 bits per heavy atom. The zero-order chi connectivity index (χ0) is 21.5. The summed E-state index contributed by atoms with van der Waals surface area (Å²) in [7, 11) is 3.79. The molecule has 0 bridgehead atoms. The van der Waals surface area contributed by atoms with Crippen LogP contribution in [0.3, 0.4) is 0 Å². The fraction of sp³-hybridized carbons (Fsp3) is 0.0769. The predicted octanol–water partition coefficient (Wildman–Crippen LogP) is 5.45. The first-order valence-corrected chi connectivity index (χ1v) is 10.7. The average molecular weight is 426 g/mol. The summed E-state index contributed by atoms with van der Waals surface area (Å²) in [4.78, 5) is 30.4. The molecule has 31 heavy (non-hydrogen) atoms. The van der Waals surface area contributed by atoms with E-state index in [2.05, 4.69) is 0 Å². The third-order valence-corrected chi connectivity index (χ3v) is 6.51. The molecule has 0 fully saturated rings. The summed E-state index contributed by atoms with van der Waals surface area (Å²) in [6.45, 7) is 0. The fourth-order valence-corrected chi connectivity index (χ4v) is 4.86. The smallest absolute Gasteiger partial charge is 0.348 e. The lowest BCUT2D eigenvalue weighted by molar-refractivity contribution is -0.130. The average Bonchev–Trinajstić information content (AvgIpc) is 2.79. The molecular weight excluding hydrogens is 406 g/mol. The van der Waals surface area contributed by atoms with E-state index in [9.17, 15) is 9.59 Å². The second-order valence-corrected chi connectivity index (χ2v) is 8.64. The van der Waals surface area contributed by atoms with Crippen LogP contribution in [0, 0.1) is 0 Å². The maximum Gasteiger partial charge on any atom is 0.348 e. The summed E-state index contributed by atoms with van der Waals surface area (Å²) in [6, 6.07) is 23.1. The molecule has 0 unspecified atom stereocenters. The van der Waals surface area contributed by atoms with Gasteiger partial charge in [-0.2, -0.15) is 0 Å². The van der Waals surface area contributed by atoms with Gasteiger partial charge in [-0.05, 0) is 35.4 Å². The van der Waals surface area contributed by atoms with Crippen molar-refractivity contribution in [2.75, 3.05) is 19.0 Å². The minimum absolute atomic E-state index is 0.0753. The number of esters is 1. The lowest BCUT2D eigenvalue weighted by Crippen LogP contribution is -2.27. The zero-order valence-electron chi connectivity index (χ0n) is 17.1. The number of allylic oxidation sites excluding steroid dienone is 2. The number of hydrogen-bond acceptors (Lipinski definition) is 5. The number of fused-ring (bicyclic) bond motifs is 2. The summed E-state index contributed by atoms with van der Waals surface area (Å²) >= 11 is 1.63. The van der Waals surface area contributed by atoms with Crippen molar-refractivity contribution < 1.29 is 14.3 Å². The Bertz CT molecular complexity index is 1290. The van der Waals surface area contributed by atoms with E-state index in [-0.39, 0.29) is 11.4 Å². The van der Waals surface area contributed by atoms with E-state index in [1.54, 1.807) is 23.9 Å². The Labute approximate surface area is 184 Å². The lowest BCUT2D eigenvalue weighted by atomic mass is 9.90. The van der Waals surface area contributed by atoms with Crippen LogP contribution in [-0.4, -0.2) is 25.8 Å². The first kappa shape index (κ1) is 19.4. The molecule has 4 nitrogen and oxygen atoms in total. The minimum atomic E-state index is -0.617. The number of benzene rings is 3. The molecule has 2 heterocycles. The maximum atomic E-state index is 13.5. The van der Waals surface area contributed by atoms with E-state index >= 15 is 0 Å². The number of ketones is 1. The van der Waals surface area contributed by atoms with Gasteiger partial charge in [-0.1, -0.05) is 60.3 Å². The third-order valence-electron chi connectivity index (χ3n) is 5.36. The van der Waals surface area contributed by atoms with Crippen LogP contribution in [0.4, 0.5) is 5.69 Å². The maximum absolute atomic E-state index is 13.5. The van der Waals surface area contributed by atoms with Crippen LogP contribution in [0.2, 0.25) is 0 Å². The van der Waals surface area contributed by atoms with Crippen molar-refractivity contribution in [3.05, 3.63) is 101 Å². The molecule has 0 N–H and O–H groups in total. The molecule has 2 aliphatic heterocycles. The van der Waals surface area contributed by atoms with E-state index in [0.717, 1.165) is 26.6 Å². The van der Waals surface area contributed by atoms with Gasteiger partial charge in [0.25, 0.3) is 0 Å². The minimum Gasteiger partial charge on any atom is -0.422 e.